The molecule has 0 radical (unpaired) electrons. The van der Waals surface area contributed by atoms with Crippen molar-refractivity contribution in [1.82, 2.24) is 0 Å². The highest BCUT2D eigenvalue weighted by Crippen LogP contribution is 2.19. The van der Waals surface area contributed by atoms with Crippen molar-refractivity contribution in [2.75, 3.05) is 13.4 Å². The van der Waals surface area contributed by atoms with Crippen molar-refractivity contribution in [3.8, 4) is 17.6 Å². The Morgan fingerprint density at radius 3 is 2.25 bits per heavy atom. The maximum absolute atomic E-state index is 5.75. The topological polar surface area (TPSA) is 18.5 Å². The van der Waals surface area contributed by atoms with E-state index in [1.165, 1.54) is 0 Å². The smallest absolute Gasteiger partial charge is 0.189 e. The van der Waals surface area contributed by atoms with Crippen LogP contribution in [0.1, 0.15) is 11.1 Å². The number of hydrogen-bond acceptors (Lipinski definition) is 2. The maximum atomic E-state index is 5.75. The van der Waals surface area contributed by atoms with Gasteiger partial charge in [0.1, 0.15) is 5.75 Å². The second-order valence-corrected chi connectivity index (χ2v) is 13.2. The Balaban J connectivity index is 1.97. The van der Waals surface area contributed by atoms with Crippen molar-refractivity contribution in [2.24, 2.45) is 0 Å². The van der Waals surface area contributed by atoms with E-state index >= 15 is 0 Å². The lowest BCUT2D eigenvalue weighted by Crippen LogP contribution is -2.22. The molecule has 0 aliphatic rings. The van der Waals surface area contributed by atoms with Gasteiger partial charge in [-0.25, -0.2) is 0 Å². The number of para-hydroxylation sites is 1. The van der Waals surface area contributed by atoms with E-state index in [2.05, 4.69) is 47.4 Å². The summed E-state index contributed by atoms with van der Waals surface area (Å²) < 4.78 is 12.3. The summed E-state index contributed by atoms with van der Waals surface area (Å²) >= 11 is 3.51. The number of benzene rings is 2. The fourth-order valence-corrected chi connectivity index (χ4v) is 3.08. The van der Waals surface area contributed by atoms with E-state index in [4.69, 9.17) is 9.47 Å². The van der Waals surface area contributed by atoms with Crippen LogP contribution in [0.2, 0.25) is 25.7 Å². The van der Waals surface area contributed by atoms with Gasteiger partial charge in [-0.2, -0.15) is 0 Å². The Hall–Kier alpha value is -1.54. The molecule has 0 unspecified atom stereocenters. The lowest BCUT2D eigenvalue weighted by Gasteiger charge is -2.15. The van der Waals surface area contributed by atoms with Gasteiger partial charge in [0.05, 0.1) is 5.56 Å². The molecule has 4 heteroatoms. The fourth-order valence-electron chi connectivity index (χ4n) is 1.94. The van der Waals surface area contributed by atoms with Crippen LogP contribution in [0.25, 0.3) is 0 Å². The van der Waals surface area contributed by atoms with Gasteiger partial charge in [0.2, 0.25) is 0 Å². The van der Waals surface area contributed by atoms with Gasteiger partial charge in [-0.3, -0.25) is 0 Å². The van der Waals surface area contributed by atoms with Crippen molar-refractivity contribution in [3.05, 3.63) is 64.1 Å². The predicted octanol–water partition coefficient (Wildman–Crippen LogP) is 5.54. The Kier molecular flexibility index (Phi) is 7.10. The van der Waals surface area contributed by atoms with Crippen LogP contribution < -0.4 is 4.74 Å². The SMILES string of the molecule is C[Si](C)(C)CCOCOc1ccccc1C#Cc1ccccc1Br. The van der Waals surface area contributed by atoms with E-state index in [1.807, 2.05) is 48.5 Å². The van der Waals surface area contributed by atoms with E-state index in [9.17, 15) is 0 Å². The zero-order valence-electron chi connectivity index (χ0n) is 14.4. The van der Waals surface area contributed by atoms with E-state index < -0.39 is 8.07 Å². The fraction of sp³-hybridized carbons (Fsp3) is 0.300. The van der Waals surface area contributed by atoms with Crippen LogP contribution in [0.15, 0.2) is 53.0 Å². The summed E-state index contributed by atoms with van der Waals surface area (Å²) in [6, 6.07) is 16.9. The first kappa shape index (κ1) is 18.8. The van der Waals surface area contributed by atoms with Crippen molar-refractivity contribution >= 4 is 24.0 Å². The highest BCUT2D eigenvalue weighted by Gasteiger charge is 2.12. The Bertz CT molecular complexity index is 726. The van der Waals surface area contributed by atoms with Gasteiger partial charge in [0.15, 0.2) is 6.79 Å². The van der Waals surface area contributed by atoms with Gasteiger partial charge in [-0.1, -0.05) is 55.7 Å². The molecule has 0 aliphatic carbocycles. The standard InChI is InChI=1S/C20H23BrO2Si/c1-24(2,3)15-14-22-16-23-20-11-7-5-9-18(20)13-12-17-8-4-6-10-19(17)21/h4-11H,14-16H2,1-3H3. The lowest BCUT2D eigenvalue weighted by atomic mass is 10.1. The second-order valence-electron chi connectivity index (χ2n) is 6.71. The minimum absolute atomic E-state index is 0.262. The monoisotopic (exact) mass is 402 g/mol. The molecule has 0 aliphatic heterocycles. The molecule has 24 heavy (non-hydrogen) atoms. The average molecular weight is 403 g/mol. The third-order valence-corrected chi connectivity index (χ3v) is 5.78. The van der Waals surface area contributed by atoms with Gasteiger partial charge in [-0.05, 0) is 46.2 Å². The largest absolute Gasteiger partial charge is 0.466 e. The summed E-state index contributed by atoms with van der Waals surface area (Å²) in [5, 5.41) is 0. The van der Waals surface area contributed by atoms with Gasteiger partial charge >= 0.3 is 0 Å². The third kappa shape index (κ3) is 6.52. The molecule has 0 heterocycles. The van der Waals surface area contributed by atoms with Crippen molar-refractivity contribution < 1.29 is 9.47 Å². The van der Waals surface area contributed by atoms with Crippen LogP contribution in [0, 0.1) is 11.8 Å². The molecule has 0 fully saturated rings. The Morgan fingerprint density at radius 2 is 1.54 bits per heavy atom. The normalized spacial score (nSPS) is 10.8. The van der Waals surface area contributed by atoms with Gasteiger partial charge in [-0.15, -0.1) is 0 Å². The van der Waals surface area contributed by atoms with Crippen LogP contribution in [0.5, 0.6) is 5.75 Å². The van der Waals surface area contributed by atoms with Crippen LogP contribution in [-0.2, 0) is 4.74 Å². The lowest BCUT2D eigenvalue weighted by molar-refractivity contribution is 0.0219. The molecule has 126 valence electrons. The zero-order valence-corrected chi connectivity index (χ0v) is 17.0. The quantitative estimate of drug-likeness (QED) is 0.273. The van der Waals surface area contributed by atoms with Crippen molar-refractivity contribution in [1.29, 1.82) is 0 Å². The molecule has 0 aromatic heterocycles. The van der Waals surface area contributed by atoms with Gasteiger partial charge in [0, 0.05) is 24.7 Å². The molecule has 0 atom stereocenters. The number of rotatable bonds is 6. The molecule has 2 aromatic rings. The van der Waals surface area contributed by atoms with Gasteiger partial charge in [0.25, 0.3) is 0 Å². The summed E-state index contributed by atoms with van der Waals surface area (Å²) in [6.07, 6.45) is 0. The minimum Gasteiger partial charge on any atom is -0.466 e. The average Bonchev–Trinajstić information content (AvgIpc) is 2.54. The van der Waals surface area contributed by atoms with E-state index in [0.29, 0.717) is 0 Å². The molecule has 0 saturated heterocycles. The van der Waals surface area contributed by atoms with Crippen LogP contribution in [0.3, 0.4) is 0 Å². The minimum atomic E-state index is -1.06. The highest BCUT2D eigenvalue weighted by atomic mass is 79.9. The third-order valence-electron chi connectivity index (χ3n) is 3.39. The molecule has 0 spiro atoms. The second kappa shape index (κ2) is 9.07. The molecule has 2 nitrogen and oxygen atoms in total. The van der Waals surface area contributed by atoms with Crippen molar-refractivity contribution in [2.45, 2.75) is 25.7 Å². The first-order valence-electron chi connectivity index (χ1n) is 8.02. The summed E-state index contributed by atoms with van der Waals surface area (Å²) in [6.45, 7) is 8.02. The number of hydrogen-bond donors (Lipinski definition) is 0. The molecular formula is C20H23BrO2Si. The Morgan fingerprint density at radius 1 is 0.917 bits per heavy atom. The van der Waals surface area contributed by atoms with Gasteiger partial charge < -0.3 is 9.47 Å². The van der Waals surface area contributed by atoms with Crippen LogP contribution in [0.4, 0.5) is 0 Å². The predicted molar refractivity (Wildman–Crippen MR) is 106 cm³/mol. The molecular weight excluding hydrogens is 380 g/mol. The summed E-state index contributed by atoms with van der Waals surface area (Å²) in [7, 11) is -1.06. The molecule has 2 aromatic carbocycles. The highest BCUT2D eigenvalue weighted by molar-refractivity contribution is 9.10. The van der Waals surface area contributed by atoms with Crippen LogP contribution >= 0.6 is 15.9 Å². The van der Waals surface area contributed by atoms with E-state index in [-0.39, 0.29) is 6.79 Å². The van der Waals surface area contributed by atoms with Crippen LogP contribution in [-0.4, -0.2) is 21.5 Å². The molecule has 0 bridgehead atoms. The number of ether oxygens (including phenoxy) is 2. The maximum Gasteiger partial charge on any atom is 0.189 e. The van der Waals surface area contributed by atoms with Crippen molar-refractivity contribution in [3.63, 3.8) is 0 Å². The first-order chi connectivity index (χ1) is 11.5. The van der Waals surface area contributed by atoms with E-state index in [0.717, 1.165) is 34.0 Å². The first-order valence-corrected chi connectivity index (χ1v) is 12.5. The molecule has 0 amide bonds. The summed E-state index contributed by atoms with van der Waals surface area (Å²) in [4.78, 5) is 0. The molecule has 2 rings (SSSR count). The molecule has 0 saturated carbocycles. The molecule has 0 N–H and O–H groups in total. The summed E-state index contributed by atoms with van der Waals surface area (Å²) in [5.74, 6) is 7.12. The Labute approximate surface area is 154 Å². The summed E-state index contributed by atoms with van der Waals surface area (Å²) in [5.41, 5.74) is 1.82. The van der Waals surface area contributed by atoms with E-state index in [1.54, 1.807) is 0 Å². The zero-order chi connectivity index (χ0) is 17.4. The number of halogens is 1.